The average Bonchev–Trinajstić information content (AvgIpc) is 2.94. The van der Waals surface area contributed by atoms with E-state index in [4.69, 9.17) is 9.47 Å². The molecule has 2 saturated heterocycles. The molecule has 0 aromatic carbocycles. The fourth-order valence-electron chi connectivity index (χ4n) is 6.38. The highest BCUT2D eigenvalue weighted by Crippen LogP contribution is 2.30. The van der Waals surface area contributed by atoms with Crippen LogP contribution in [0.4, 0.5) is 4.79 Å². The Morgan fingerprint density at radius 2 is 1.40 bits per heavy atom. The number of rotatable bonds is 18. The lowest BCUT2D eigenvalue weighted by atomic mass is 9.80. The predicted molar refractivity (Wildman–Crippen MR) is 176 cm³/mol. The molecule has 0 spiro atoms. The van der Waals surface area contributed by atoms with Crippen LogP contribution in [0.1, 0.15) is 86.5 Å². The molecule has 2 aliphatic heterocycles. The third kappa shape index (κ3) is 14.3. The van der Waals surface area contributed by atoms with Gasteiger partial charge in [-0.3, -0.25) is 19.4 Å². The lowest BCUT2D eigenvalue weighted by molar-refractivity contribution is -0.140. The van der Waals surface area contributed by atoms with E-state index in [0.717, 1.165) is 109 Å². The second kappa shape index (κ2) is 19.5. The molecule has 0 N–H and O–H groups in total. The van der Waals surface area contributed by atoms with E-state index in [1.54, 1.807) is 0 Å². The third-order valence-corrected chi connectivity index (χ3v) is 9.66. The summed E-state index contributed by atoms with van der Waals surface area (Å²) in [6.07, 6.45) is 7.88. The summed E-state index contributed by atoms with van der Waals surface area (Å²) in [5, 5.41) is 0.143. The van der Waals surface area contributed by atoms with Gasteiger partial charge in [-0.05, 0) is 75.6 Å². The summed E-state index contributed by atoms with van der Waals surface area (Å²) in [6, 6.07) is 0. The number of hydrogen-bond acceptors (Lipinski definition) is 7. The van der Waals surface area contributed by atoms with Crippen LogP contribution >= 0.6 is 11.8 Å². The van der Waals surface area contributed by atoms with Gasteiger partial charge >= 0.3 is 0 Å². The Kier molecular flexibility index (Phi) is 17.3. The summed E-state index contributed by atoms with van der Waals surface area (Å²) in [7, 11) is 3.84. The molecular weight excluding hydrogens is 548 g/mol. The van der Waals surface area contributed by atoms with Crippen LogP contribution in [-0.4, -0.2) is 128 Å². The Morgan fingerprint density at radius 1 is 0.881 bits per heavy atom. The third-order valence-electron chi connectivity index (χ3n) is 8.81. The van der Waals surface area contributed by atoms with Gasteiger partial charge in [0.15, 0.2) is 0 Å². The highest BCUT2D eigenvalue weighted by molar-refractivity contribution is 8.13. The van der Waals surface area contributed by atoms with Gasteiger partial charge in [0.2, 0.25) is 5.91 Å². The van der Waals surface area contributed by atoms with Crippen molar-refractivity contribution in [2.45, 2.75) is 98.7 Å². The minimum Gasteiger partial charge on any atom is -0.375 e. The number of thioether (sulfide) groups is 1. The van der Waals surface area contributed by atoms with E-state index in [9.17, 15) is 9.59 Å². The van der Waals surface area contributed by atoms with E-state index >= 15 is 0 Å². The second-order valence-electron chi connectivity index (χ2n) is 13.9. The minimum absolute atomic E-state index is 0.143. The number of carbonyl (C=O) groups is 2. The van der Waals surface area contributed by atoms with Gasteiger partial charge in [-0.1, -0.05) is 53.3 Å². The first-order valence-electron chi connectivity index (χ1n) is 16.7. The molecule has 3 atom stereocenters. The standard InChI is InChI=1S/C33H64N4O4S/c1-9-42-32(39)35(8)19-15-30-26-37(21-23-41-30)17-11-13-28(4)24-33(5,6)31(38)34(7)18-14-29-25-36(20-22-40-29)16-10-12-27(2)3/h27-30H,9-26H2,1-8H3/t28?,29-,30+/m0/s1. The monoisotopic (exact) mass is 612 g/mol. The van der Waals surface area contributed by atoms with Crippen LogP contribution in [0.5, 0.6) is 0 Å². The van der Waals surface area contributed by atoms with Gasteiger partial charge in [0.05, 0.1) is 25.4 Å². The van der Waals surface area contributed by atoms with Crippen LogP contribution in [0.25, 0.3) is 0 Å². The molecule has 0 aromatic rings. The van der Waals surface area contributed by atoms with E-state index in [2.05, 4.69) is 44.4 Å². The molecule has 2 rings (SSSR count). The van der Waals surface area contributed by atoms with Gasteiger partial charge in [-0.25, -0.2) is 0 Å². The van der Waals surface area contributed by atoms with Crippen LogP contribution in [0.2, 0.25) is 0 Å². The molecule has 9 heteroatoms. The molecule has 8 nitrogen and oxygen atoms in total. The Morgan fingerprint density at radius 3 is 1.93 bits per heavy atom. The van der Waals surface area contributed by atoms with Crippen molar-refractivity contribution in [1.29, 1.82) is 0 Å². The van der Waals surface area contributed by atoms with Crippen molar-refractivity contribution in [1.82, 2.24) is 19.6 Å². The van der Waals surface area contributed by atoms with Crippen LogP contribution in [0.15, 0.2) is 0 Å². The molecule has 0 aliphatic carbocycles. The maximum atomic E-state index is 13.4. The summed E-state index contributed by atoms with van der Waals surface area (Å²) in [5.41, 5.74) is -0.367. The number of amides is 2. The fourth-order valence-corrected chi connectivity index (χ4v) is 6.94. The molecule has 0 aromatic heterocycles. The van der Waals surface area contributed by atoms with Crippen molar-refractivity contribution in [2.75, 3.05) is 85.4 Å². The van der Waals surface area contributed by atoms with Gasteiger partial charge in [-0.15, -0.1) is 0 Å². The fraction of sp³-hybridized carbons (Fsp3) is 0.939. The van der Waals surface area contributed by atoms with Gasteiger partial charge in [-0.2, -0.15) is 0 Å². The van der Waals surface area contributed by atoms with Crippen molar-refractivity contribution in [2.24, 2.45) is 17.3 Å². The van der Waals surface area contributed by atoms with Crippen molar-refractivity contribution >= 4 is 22.9 Å². The van der Waals surface area contributed by atoms with Crippen molar-refractivity contribution in [3.8, 4) is 0 Å². The Balaban J connectivity index is 1.66. The van der Waals surface area contributed by atoms with Crippen LogP contribution < -0.4 is 0 Å². The number of ether oxygens (including phenoxy) is 2. The predicted octanol–water partition coefficient (Wildman–Crippen LogP) is 5.70. The Hall–Kier alpha value is -0.870. The van der Waals surface area contributed by atoms with Crippen molar-refractivity contribution < 1.29 is 19.1 Å². The molecule has 1 unspecified atom stereocenters. The first-order valence-corrected chi connectivity index (χ1v) is 17.7. The smallest absolute Gasteiger partial charge is 0.281 e. The number of nitrogens with zero attached hydrogens (tertiary/aromatic N) is 4. The summed E-state index contributed by atoms with van der Waals surface area (Å²) in [6.45, 7) is 22.3. The molecule has 0 radical (unpaired) electrons. The van der Waals surface area contributed by atoms with E-state index < -0.39 is 0 Å². The van der Waals surface area contributed by atoms with Gasteiger partial charge < -0.3 is 19.3 Å². The minimum atomic E-state index is -0.367. The molecule has 2 heterocycles. The van der Waals surface area contributed by atoms with Gasteiger partial charge in [0.25, 0.3) is 5.24 Å². The lowest BCUT2D eigenvalue weighted by Gasteiger charge is -2.35. The quantitative estimate of drug-likeness (QED) is 0.197. The van der Waals surface area contributed by atoms with Crippen LogP contribution in [-0.2, 0) is 14.3 Å². The van der Waals surface area contributed by atoms with E-state index in [0.29, 0.717) is 5.92 Å². The van der Waals surface area contributed by atoms with Crippen molar-refractivity contribution in [3.05, 3.63) is 0 Å². The summed E-state index contributed by atoms with van der Waals surface area (Å²) in [5.74, 6) is 2.31. The second-order valence-corrected chi connectivity index (χ2v) is 15.1. The maximum absolute atomic E-state index is 13.4. The zero-order valence-electron chi connectivity index (χ0n) is 28.4. The van der Waals surface area contributed by atoms with Crippen LogP contribution in [0, 0.1) is 17.3 Å². The SMILES string of the molecule is CCSC(=O)N(C)CC[C@@H]1CN(CCCC(C)CC(C)(C)C(=O)N(C)CC[C@H]2CN(CCCC(C)C)CCO2)CCO1. The maximum Gasteiger partial charge on any atom is 0.281 e. The van der Waals surface area contributed by atoms with Gasteiger partial charge in [0, 0.05) is 58.8 Å². The summed E-state index contributed by atoms with van der Waals surface area (Å²) < 4.78 is 12.0. The molecular formula is C33H64N4O4S. The highest BCUT2D eigenvalue weighted by atomic mass is 32.2. The molecule has 2 fully saturated rings. The summed E-state index contributed by atoms with van der Waals surface area (Å²) >= 11 is 1.36. The lowest BCUT2D eigenvalue weighted by Crippen LogP contribution is -2.45. The average molecular weight is 613 g/mol. The molecule has 42 heavy (non-hydrogen) atoms. The Bertz CT molecular complexity index is 783. The molecule has 246 valence electrons. The highest BCUT2D eigenvalue weighted by Gasteiger charge is 2.32. The van der Waals surface area contributed by atoms with Crippen molar-refractivity contribution in [3.63, 3.8) is 0 Å². The number of hydrogen-bond donors (Lipinski definition) is 0. The van der Waals surface area contributed by atoms with Crippen LogP contribution in [0.3, 0.4) is 0 Å². The molecule has 0 bridgehead atoms. The first kappa shape index (κ1) is 37.3. The molecule has 2 aliphatic rings. The normalized spacial score (nSPS) is 21.5. The topological polar surface area (TPSA) is 65.6 Å². The zero-order valence-corrected chi connectivity index (χ0v) is 29.2. The Labute approximate surface area is 262 Å². The summed E-state index contributed by atoms with van der Waals surface area (Å²) in [4.78, 5) is 34.2. The zero-order chi connectivity index (χ0) is 31.1. The number of morpholine rings is 2. The number of carbonyl (C=O) groups excluding carboxylic acids is 2. The van der Waals surface area contributed by atoms with E-state index in [-0.39, 0.29) is 28.8 Å². The van der Waals surface area contributed by atoms with Gasteiger partial charge in [0.1, 0.15) is 0 Å². The molecule has 2 amide bonds. The molecule has 0 saturated carbocycles. The largest absolute Gasteiger partial charge is 0.375 e. The van der Waals surface area contributed by atoms with E-state index in [1.165, 1.54) is 24.6 Å². The first-order chi connectivity index (χ1) is 19.9. The van der Waals surface area contributed by atoms with E-state index in [1.807, 2.05) is 30.8 Å².